The highest BCUT2D eigenvalue weighted by molar-refractivity contribution is 7.80. The van der Waals surface area contributed by atoms with Crippen LogP contribution in [0, 0.1) is 0 Å². The van der Waals surface area contributed by atoms with Crippen molar-refractivity contribution >= 4 is 23.3 Å². The van der Waals surface area contributed by atoms with Crippen LogP contribution in [0.2, 0.25) is 0 Å². The molecule has 2 aliphatic rings. The highest BCUT2D eigenvalue weighted by Gasteiger charge is 2.47. The molecule has 2 rings (SSSR count). The van der Waals surface area contributed by atoms with Gasteiger partial charge < -0.3 is 24.8 Å². The highest BCUT2D eigenvalue weighted by atomic mass is 32.1. The third kappa shape index (κ3) is 1.98. The second-order valence-corrected chi connectivity index (χ2v) is 4.08. The number of rotatable bonds is 3. The SMILES string of the molecule is CCOC(=O)CN1C(=S)N[C@H]2OC[C@@H](O)[C@H]21. The molecule has 90 valence electrons. The van der Waals surface area contributed by atoms with Gasteiger partial charge in [-0.15, -0.1) is 0 Å². The molecule has 0 aliphatic carbocycles. The van der Waals surface area contributed by atoms with Gasteiger partial charge in [-0.1, -0.05) is 0 Å². The van der Waals surface area contributed by atoms with E-state index in [0.717, 1.165) is 0 Å². The average Bonchev–Trinajstić information content (AvgIpc) is 2.70. The maximum atomic E-state index is 11.4. The molecule has 2 aliphatic heterocycles. The third-order valence-corrected chi connectivity index (χ3v) is 2.99. The van der Waals surface area contributed by atoms with Gasteiger partial charge in [0, 0.05) is 0 Å². The Morgan fingerprint density at radius 1 is 1.81 bits per heavy atom. The zero-order valence-corrected chi connectivity index (χ0v) is 9.70. The fourth-order valence-corrected chi connectivity index (χ4v) is 2.26. The fraction of sp³-hybridized carbons (Fsp3) is 0.778. The Morgan fingerprint density at radius 3 is 3.25 bits per heavy atom. The van der Waals surface area contributed by atoms with Crippen molar-refractivity contribution in [2.75, 3.05) is 19.8 Å². The first-order valence-electron chi connectivity index (χ1n) is 5.16. The van der Waals surface area contributed by atoms with Crippen molar-refractivity contribution < 1.29 is 19.4 Å². The van der Waals surface area contributed by atoms with Crippen molar-refractivity contribution in [3.63, 3.8) is 0 Å². The molecule has 0 saturated carbocycles. The van der Waals surface area contributed by atoms with Crippen LogP contribution in [0.3, 0.4) is 0 Å². The highest BCUT2D eigenvalue weighted by Crippen LogP contribution is 2.24. The van der Waals surface area contributed by atoms with Crippen molar-refractivity contribution in [3.8, 4) is 0 Å². The summed E-state index contributed by atoms with van der Waals surface area (Å²) < 4.78 is 10.1. The van der Waals surface area contributed by atoms with Crippen molar-refractivity contribution in [1.82, 2.24) is 10.2 Å². The van der Waals surface area contributed by atoms with Crippen molar-refractivity contribution in [3.05, 3.63) is 0 Å². The molecule has 0 aromatic carbocycles. The first kappa shape index (κ1) is 11.6. The van der Waals surface area contributed by atoms with Gasteiger partial charge in [0.25, 0.3) is 0 Å². The quantitative estimate of drug-likeness (QED) is 0.480. The number of carbonyl (C=O) groups excluding carboxylic acids is 1. The Bertz CT molecular complexity index is 312. The number of hydrogen-bond donors (Lipinski definition) is 2. The molecule has 2 fully saturated rings. The number of aliphatic hydroxyl groups is 1. The number of carbonyl (C=O) groups is 1. The fourth-order valence-electron chi connectivity index (χ4n) is 1.96. The molecule has 0 unspecified atom stereocenters. The van der Waals surface area contributed by atoms with Gasteiger partial charge in [0.1, 0.15) is 18.7 Å². The lowest BCUT2D eigenvalue weighted by Crippen LogP contribution is -2.44. The van der Waals surface area contributed by atoms with Gasteiger partial charge in [-0.25, -0.2) is 0 Å². The average molecular weight is 246 g/mol. The second kappa shape index (κ2) is 4.52. The minimum atomic E-state index is -0.632. The van der Waals surface area contributed by atoms with Gasteiger partial charge in [0.05, 0.1) is 13.2 Å². The van der Waals surface area contributed by atoms with Crippen LogP contribution < -0.4 is 5.32 Å². The molecule has 2 N–H and O–H groups in total. The Balaban J connectivity index is 2.02. The molecule has 0 aromatic rings. The normalized spacial score (nSPS) is 32.5. The number of ether oxygens (including phenoxy) is 2. The molecule has 0 bridgehead atoms. The molecule has 3 atom stereocenters. The Morgan fingerprint density at radius 2 is 2.56 bits per heavy atom. The van der Waals surface area contributed by atoms with Crippen molar-refractivity contribution in [1.29, 1.82) is 0 Å². The van der Waals surface area contributed by atoms with Gasteiger partial charge in [-0.3, -0.25) is 4.79 Å². The van der Waals surface area contributed by atoms with E-state index in [1.165, 1.54) is 0 Å². The molecule has 16 heavy (non-hydrogen) atoms. The van der Waals surface area contributed by atoms with Crippen LogP contribution in [0.1, 0.15) is 6.92 Å². The predicted molar refractivity (Wildman–Crippen MR) is 58.6 cm³/mol. The van der Waals surface area contributed by atoms with Crippen molar-refractivity contribution in [2.24, 2.45) is 0 Å². The van der Waals surface area contributed by atoms with Crippen LogP contribution in [-0.2, 0) is 14.3 Å². The number of aliphatic hydroxyl groups excluding tert-OH is 1. The van der Waals surface area contributed by atoms with E-state index in [4.69, 9.17) is 21.7 Å². The molecule has 7 heteroatoms. The summed E-state index contributed by atoms with van der Waals surface area (Å²) in [5.74, 6) is -0.355. The van der Waals surface area contributed by atoms with E-state index in [-0.39, 0.29) is 31.4 Å². The Labute approximate surface area is 98.5 Å². The van der Waals surface area contributed by atoms with E-state index in [1.807, 2.05) is 0 Å². The van der Waals surface area contributed by atoms with Crippen molar-refractivity contribution in [2.45, 2.75) is 25.3 Å². The minimum Gasteiger partial charge on any atom is -0.465 e. The van der Waals surface area contributed by atoms with E-state index in [9.17, 15) is 9.90 Å². The number of hydrogen-bond acceptors (Lipinski definition) is 5. The number of esters is 1. The van der Waals surface area contributed by atoms with Gasteiger partial charge in [0.2, 0.25) is 0 Å². The summed E-state index contributed by atoms with van der Waals surface area (Å²) in [6.45, 7) is 2.38. The van der Waals surface area contributed by atoms with Crippen LogP contribution >= 0.6 is 12.2 Å². The number of fused-ring (bicyclic) bond motifs is 1. The molecular weight excluding hydrogens is 232 g/mol. The third-order valence-electron chi connectivity index (χ3n) is 2.64. The zero-order valence-electron chi connectivity index (χ0n) is 8.88. The topological polar surface area (TPSA) is 71.0 Å². The van der Waals surface area contributed by atoms with E-state index in [1.54, 1.807) is 11.8 Å². The minimum absolute atomic E-state index is 0.0429. The summed E-state index contributed by atoms with van der Waals surface area (Å²) in [5, 5.41) is 13.0. The van der Waals surface area contributed by atoms with Crippen LogP contribution in [0.5, 0.6) is 0 Å². The van der Waals surface area contributed by atoms with E-state index < -0.39 is 6.10 Å². The lowest BCUT2D eigenvalue weighted by molar-refractivity contribution is -0.144. The summed E-state index contributed by atoms with van der Waals surface area (Å²) in [6.07, 6.45) is -0.954. The zero-order chi connectivity index (χ0) is 11.7. The smallest absolute Gasteiger partial charge is 0.325 e. The van der Waals surface area contributed by atoms with Gasteiger partial charge >= 0.3 is 5.97 Å². The second-order valence-electron chi connectivity index (χ2n) is 3.69. The molecule has 6 nitrogen and oxygen atoms in total. The van der Waals surface area contributed by atoms with Crippen LogP contribution in [0.25, 0.3) is 0 Å². The lowest BCUT2D eigenvalue weighted by Gasteiger charge is -2.23. The molecule has 0 spiro atoms. The van der Waals surface area contributed by atoms with E-state index in [2.05, 4.69) is 5.32 Å². The van der Waals surface area contributed by atoms with Crippen LogP contribution in [0.15, 0.2) is 0 Å². The van der Waals surface area contributed by atoms with Gasteiger partial charge in [-0.05, 0) is 19.1 Å². The summed E-state index contributed by atoms with van der Waals surface area (Å²) in [4.78, 5) is 13.0. The summed E-state index contributed by atoms with van der Waals surface area (Å²) >= 11 is 5.07. The van der Waals surface area contributed by atoms with Crippen LogP contribution in [0.4, 0.5) is 0 Å². The number of thiocarbonyl (C=S) groups is 1. The monoisotopic (exact) mass is 246 g/mol. The summed E-state index contributed by atoms with van der Waals surface area (Å²) in [5.41, 5.74) is 0. The molecular formula is C9H14N2O4S. The molecule has 2 saturated heterocycles. The van der Waals surface area contributed by atoms with Gasteiger partial charge in [0.15, 0.2) is 11.3 Å². The first-order valence-corrected chi connectivity index (χ1v) is 5.56. The van der Waals surface area contributed by atoms with Crippen LogP contribution in [-0.4, -0.2) is 59.2 Å². The molecule has 0 radical (unpaired) electrons. The lowest BCUT2D eigenvalue weighted by atomic mass is 10.2. The maximum absolute atomic E-state index is 11.4. The molecule has 2 heterocycles. The largest absolute Gasteiger partial charge is 0.465 e. The molecule has 0 aromatic heterocycles. The predicted octanol–water partition coefficient (Wildman–Crippen LogP) is -1.17. The summed E-state index contributed by atoms with van der Waals surface area (Å²) in [7, 11) is 0. The summed E-state index contributed by atoms with van der Waals surface area (Å²) in [6, 6.07) is -0.295. The van der Waals surface area contributed by atoms with E-state index in [0.29, 0.717) is 11.7 Å². The molecule has 0 amide bonds. The standard InChI is InChI=1S/C9H14N2O4S/c1-2-14-6(13)3-11-7-5(12)4-15-8(7)10-9(11)16/h5,7-8,12H,2-4H2,1H3,(H,10,16)/t5-,7-,8+/m1/s1. The maximum Gasteiger partial charge on any atom is 0.325 e. The van der Waals surface area contributed by atoms with Gasteiger partial charge in [-0.2, -0.15) is 0 Å². The first-order chi connectivity index (χ1) is 7.63. The number of nitrogens with one attached hydrogen (secondary N) is 1. The van der Waals surface area contributed by atoms with E-state index >= 15 is 0 Å². The number of nitrogens with zero attached hydrogens (tertiary/aromatic N) is 1. The Hall–Kier alpha value is -0.920. The Kier molecular flexibility index (Phi) is 3.27.